The largest absolute Gasteiger partial charge is 0.458 e. The van der Waals surface area contributed by atoms with Gasteiger partial charge in [0.1, 0.15) is 11.5 Å². The zero-order valence-electron chi connectivity index (χ0n) is 21.5. The van der Waals surface area contributed by atoms with Crippen LogP contribution in [0.15, 0.2) is 133 Å². The van der Waals surface area contributed by atoms with Crippen molar-refractivity contribution in [2.45, 2.75) is 0 Å². The lowest BCUT2D eigenvalue weighted by Gasteiger charge is -2.40. The normalized spacial score (nSPS) is 13.1. The second kappa shape index (κ2) is 8.35. The van der Waals surface area contributed by atoms with Crippen molar-refractivity contribution in [3.63, 3.8) is 0 Å². The molecule has 40 heavy (non-hydrogen) atoms. The van der Waals surface area contributed by atoms with E-state index in [1.807, 2.05) is 11.3 Å². The van der Waals surface area contributed by atoms with Gasteiger partial charge in [0.15, 0.2) is 0 Å². The number of thiophene rings is 1. The van der Waals surface area contributed by atoms with Crippen LogP contribution in [0, 0.1) is 0 Å². The average Bonchev–Trinajstić information content (AvgIpc) is 3.38. The molecule has 0 amide bonds. The van der Waals surface area contributed by atoms with Crippen LogP contribution in [0.25, 0.3) is 31.3 Å². The van der Waals surface area contributed by atoms with Gasteiger partial charge >= 0.3 is 0 Å². The molecule has 0 bridgehead atoms. The van der Waals surface area contributed by atoms with Crippen LogP contribution in [0.2, 0.25) is 0 Å². The molecule has 0 saturated heterocycles. The Hall–Kier alpha value is -4.80. The Labute approximate surface area is 236 Å². The molecule has 0 fully saturated rings. The number of hydrogen-bond donors (Lipinski definition) is 0. The van der Waals surface area contributed by atoms with E-state index in [1.54, 1.807) is 0 Å². The molecular formula is C36H22BNOS. The number of hydrogen-bond acceptors (Lipinski definition) is 3. The summed E-state index contributed by atoms with van der Waals surface area (Å²) < 4.78 is 9.15. The predicted octanol–water partition coefficient (Wildman–Crippen LogP) is 8.13. The fourth-order valence-electron chi connectivity index (χ4n) is 6.63. The molecule has 9 rings (SSSR count). The smallest absolute Gasteiger partial charge is 0.256 e. The number of nitrogens with zero attached hydrogens (tertiary/aromatic N) is 1. The molecule has 0 aliphatic carbocycles. The van der Waals surface area contributed by atoms with Crippen molar-refractivity contribution in [2.75, 3.05) is 4.90 Å². The van der Waals surface area contributed by atoms with Gasteiger partial charge in [-0.2, -0.15) is 0 Å². The van der Waals surface area contributed by atoms with Crippen LogP contribution in [0.4, 0.5) is 17.1 Å². The van der Waals surface area contributed by atoms with E-state index in [9.17, 15) is 0 Å². The predicted molar refractivity (Wildman–Crippen MR) is 171 cm³/mol. The van der Waals surface area contributed by atoms with Crippen molar-refractivity contribution >= 4 is 71.7 Å². The van der Waals surface area contributed by atoms with Crippen molar-refractivity contribution in [1.29, 1.82) is 0 Å². The van der Waals surface area contributed by atoms with Crippen molar-refractivity contribution in [1.82, 2.24) is 0 Å². The highest BCUT2D eigenvalue weighted by Crippen LogP contribution is 2.47. The van der Waals surface area contributed by atoms with Gasteiger partial charge in [-0.3, -0.25) is 0 Å². The van der Waals surface area contributed by atoms with Crippen molar-refractivity contribution in [3.8, 4) is 22.6 Å². The van der Waals surface area contributed by atoms with Gasteiger partial charge < -0.3 is 9.64 Å². The minimum atomic E-state index is 0.120. The second-order valence-corrected chi connectivity index (χ2v) is 11.6. The minimum absolute atomic E-state index is 0.120. The molecule has 6 aromatic carbocycles. The molecule has 0 atom stereocenters. The maximum absolute atomic E-state index is 6.53. The van der Waals surface area contributed by atoms with Crippen molar-refractivity contribution in [2.24, 2.45) is 0 Å². The first-order chi connectivity index (χ1) is 19.8. The van der Waals surface area contributed by atoms with Crippen LogP contribution in [0.3, 0.4) is 0 Å². The zero-order valence-corrected chi connectivity index (χ0v) is 22.4. The Kier molecular flexibility index (Phi) is 4.61. The summed E-state index contributed by atoms with van der Waals surface area (Å²) >= 11 is 1.87. The Morgan fingerprint density at radius 3 is 2.17 bits per heavy atom. The number of benzene rings is 6. The molecule has 1 aromatic heterocycles. The Bertz CT molecular complexity index is 2120. The van der Waals surface area contributed by atoms with Gasteiger partial charge in [-0.1, -0.05) is 91.0 Å². The van der Waals surface area contributed by atoms with Crippen LogP contribution >= 0.6 is 11.3 Å². The molecule has 4 heteroatoms. The number of rotatable bonds is 2. The zero-order chi connectivity index (χ0) is 26.2. The Balaban J connectivity index is 1.39. The maximum Gasteiger partial charge on any atom is 0.256 e. The van der Waals surface area contributed by atoms with E-state index in [0.717, 1.165) is 11.5 Å². The van der Waals surface area contributed by atoms with Gasteiger partial charge in [0.05, 0.1) is 5.69 Å². The van der Waals surface area contributed by atoms with E-state index in [-0.39, 0.29) is 6.71 Å². The highest BCUT2D eigenvalue weighted by Gasteiger charge is 2.41. The molecule has 0 radical (unpaired) electrons. The van der Waals surface area contributed by atoms with E-state index >= 15 is 0 Å². The summed E-state index contributed by atoms with van der Waals surface area (Å²) in [4.78, 5) is 2.47. The summed E-state index contributed by atoms with van der Waals surface area (Å²) in [6.45, 7) is 0.120. The van der Waals surface area contributed by atoms with Gasteiger partial charge in [0.25, 0.3) is 6.71 Å². The van der Waals surface area contributed by atoms with Crippen LogP contribution < -0.4 is 26.0 Å². The van der Waals surface area contributed by atoms with Crippen LogP contribution in [0.1, 0.15) is 0 Å². The van der Waals surface area contributed by atoms with E-state index in [4.69, 9.17) is 4.74 Å². The Morgan fingerprint density at radius 1 is 0.525 bits per heavy atom. The maximum atomic E-state index is 6.53. The standard InChI is InChI=1S/C36H22BNOS/c1-2-11-23(12-3-1)25-22-35-26(24-13-4-9-20-34(24)40-35)21-31(25)38-29-16-7-5-14-27(29)37-28-15-6-8-18-32(28)39-33-19-10-17-30(38)36(33)37/h1-22H. The summed E-state index contributed by atoms with van der Waals surface area (Å²) in [5.41, 5.74) is 9.75. The molecular weight excluding hydrogens is 505 g/mol. The van der Waals surface area contributed by atoms with E-state index in [0.29, 0.717) is 0 Å². The van der Waals surface area contributed by atoms with Gasteiger partial charge in [-0.25, -0.2) is 0 Å². The van der Waals surface area contributed by atoms with E-state index < -0.39 is 0 Å². The highest BCUT2D eigenvalue weighted by molar-refractivity contribution is 7.25. The molecule has 2 aliphatic rings. The summed E-state index contributed by atoms with van der Waals surface area (Å²) in [6, 6.07) is 48.2. The molecule has 0 unspecified atom stereocenters. The fraction of sp³-hybridized carbons (Fsp3) is 0. The molecule has 186 valence electrons. The molecule has 7 aromatic rings. The van der Waals surface area contributed by atoms with Gasteiger partial charge in [0.2, 0.25) is 0 Å². The molecule has 0 N–H and O–H groups in total. The summed E-state index contributed by atoms with van der Waals surface area (Å²) in [6.07, 6.45) is 0. The highest BCUT2D eigenvalue weighted by atomic mass is 32.1. The molecule has 0 saturated carbocycles. The summed E-state index contributed by atoms with van der Waals surface area (Å²) in [5.74, 6) is 1.88. The Morgan fingerprint density at radius 2 is 1.25 bits per heavy atom. The first kappa shape index (κ1) is 22.1. The summed E-state index contributed by atoms with van der Waals surface area (Å²) in [7, 11) is 0. The second-order valence-electron chi connectivity index (χ2n) is 10.5. The van der Waals surface area contributed by atoms with Crippen LogP contribution in [0.5, 0.6) is 11.5 Å². The monoisotopic (exact) mass is 527 g/mol. The number of ether oxygens (including phenoxy) is 1. The minimum Gasteiger partial charge on any atom is -0.458 e. The lowest BCUT2D eigenvalue weighted by Crippen LogP contribution is -2.59. The lowest BCUT2D eigenvalue weighted by atomic mass is 9.34. The van der Waals surface area contributed by atoms with Crippen molar-refractivity contribution in [3.05, 3.63) is 133 Å². The van der Waals surface area contributed by atoms with Crippen molar-refractivity contribution < 1.29 is 4.74 Å². The third kappa shape index (κ3) is 3.05. The van der Waals surface area contributed by atoms with E-state index in [2.05, 4.69) is 138 Å². The van der Waals surface area contributed by atoms with Gasteiger partial charge in [-0.05, 0) is 64.4 Å². The number of para-hydroxylation sites is 2. The number of fused-ring (bicyclic) bond motifs is 7. The molecule has 2 nitrogen and oxygen atoms in total. The first-order valence-electron chi connectivity index (χ1n) is 13.6. The van der Waals surface area contributed by atoms with Crippen LogP contribution in [-0.2, 0) is 0 Å². The molecule has 3 heterocycles. The van der Waals surface area contributed by atoms with Crippen LogP contribution in [-0.4, -0.2) is 6.71 Å². The lowest BCUT2D eigenvalue weighted by molar-refractivity contribution is 0.487. The number of anilines is 3. The van der Waals surface area contributed by atoms with E-state index in [1.165, 1.54) is 64.7 Å². The SMILES string of the molecule is c1ccc(-c2cc3sc4ccccc4c3cc2N2c3ccccc3B3c4ccccc4Oc4cccc2c43)cc1. The molecule has 0 spiro atoms. The third-order valence-electron chi connectivity index (χ3n) is 8.33. The van der Waals surface area contributed by atoms with Gasteiger partial charge in [0, 0.05) is 37.1 Å². The quantitative estimate of drug-likeness (QED) is 0.211. The third-order valence-corrected chi connectivity index (χ3v) is 9.47. The summed E-state index contributed by atoms with van der Waals surface area (Å²) in [5, 5.41) is 2.60. The molecule has 2 aliphatic heterocycles. The average molecular weight is 527 g/mol. The van der Waals surface area contributed by atoms with Gasteiger partial charge in [-0.15, -0.1) is 11.3 Å². The fourth-order valence-corrected chi connectivity index (χ4v) is 7.76. The topological polar surface area (TPSA) is 12.5 Å². The first-order valence-corrected chi connectivity index (χ1v) is 14.5.